The average molecular weight is 504 g/mol. The summed E-state index contributed by atoms with van der Waals surface area (Å²) in [6, 6.07) is 18.8. The van der Waals surface area contributed by atoms with Crippen molar-refractivity contribution < 1.29 is 17.3 Å². The van der Waals surface area contributed by atoms with E-state index in [0.29, 0.717) is 16.8 Å². The Balaban J connectivity index is 1.50. The van der Waals surface area contributed by atoms with Crippen molar-refractivity contribution >= 4 is 43.5 Å². The van der Waals surface area contributed by atoms with E-state index in [0.717, 1.165) is 29.7 Å². The number of anilines is 2. The van der Waals surface area contributed by atoms with Crippen LogP contribution in [0.3, 0.4) is 0 Å². The Kier molecular flexibility index (Phi) is 6.01. The van der Waals surface area contributed by atoms with Crippen LogP contribution in [0.1, 0.15) is 19.4 Å². The number of nitrogens with zero attached hydrogens (tertiary/aromatic N) is 2. The molecule has 0 bridgehead atoms. The molecular formula is C27H25N3O5S. The van der Waals surface area contributed by atoms with Crippen LogP contribution in [0.25, 0.3) is 33.5 Å². The van der Waals surface area contributed by atoms with Gasteiger partial charge in [0.05, 0.1) is 4.90 Å². The van der Waals surface area contributed by atoms with Gasteiger partial charge in [-0.3, -0.25) is 4.72 Å². The van der Waals surface area contributed by atoms with Crippen LogP contribution in [0.4, 0.5) is 11.4 Å². The lowest BCUT2D eigenvalue weighted by molar-refractivity contribution is 0.553. The monoisotopic (exact) mass is 503 g/mol. The number of aryl methyl sites for hydroxylation is 1. The molecule has 0 saturated carbocycles. The second-order valence-electron chi connectivity index (χ2n) is 8.46. The molecule has 0 fully saturated rings. The predicted octanol–water partition coefficient (Wildman–Crippen LogP) is 5.56. The van der Waals surface area contributed by atoms with Crippen LogP contribution in [0.2, 0.25) is 0 Å². The number of hydrogen-bond acceptors (Lipinski definition) is 7. The molecule has 3 aromatic carbocycles. The third kappa shape index (κ3) is 4.45. The van der Waals surface area contributed by atoms with Gasteiger partial charge in [-0.2, -0.15) is 0 Å². The molecule has 0 spiro atoms. The minimum atomic E-state index is -3.85. The van der Waals surface area contributed by atoms with Crippen LogP contribution in [0.15, 0.2) is 85.3 Å². The van der Waals surface area contributed by atoms with Gasteiger partial charge in [-0.25, -0.2) is 18.2 Å². The Morgan fingerprint density at radius 3 is 2.36 bits per heavy atom. The summed E-state index contributed by atoms with van der Waals surface area (Å²) in [5, 5.41) is 0.730. The molecule has 36 heavy (non-hydrogen) atoms. The highest BCUT2D eigenvalue weighted by Gasteiger charge is 2.19. The Bertz CT molecular complexity index is 1730. The number of oxazole rings is 1. The molecule has 2 aromatic heterocycles. The Hall–Kier alpha value is -4.11. The lowest BCUT2D eigenvalue weighted by atomic mass is 10.1. The number of rotatable bonds is 7. The number of hydrogen-bond donors (Lipinski definition) is 1. The van der Waals surface area contributed by atoms with E-state index in [1.165, 1.54) is 12.1 Å². The van der Waals surface area contributed by atoms with Gasteiger partial charge in [0.25, 0.3) is 10.0 Å². The van der Waals surface area contributed by atoms with Crippen LogP contribution in [0.5, 0.6) is 0 Å². The lowest BCUT2D eigenvalue weighted by Crippen LogP contribution is -2.21. The van der Waals surface area contributed by atoms with E-state index < -0.39 is 15.6 Å². The molecular weight excluding hydrogens is 478 g/mol. The maximum absolute atomic E-state index is 12.9. The minimum Gasteiger partial charge on any atom is -0.436 e. The Labute approximate surface area is 208 Å². The molecule has 2 heterocycles. The fourth-order valence-corrected chi connectivity index (χ4v) is 5.13. The maximum atomic E-state index is 12.9. The average Bonchev–Trinajstić information content (AvgIpc) is 3.29. The zero-order valence-corrected chi connectivity index (χ0v) is 20.9. The van der Waals surface area contributed by atoms with Crippen LogP contribution < -0.4 is 15.2 Å². The first-order chi connectivity index (χ1) is 17.3. The molecule has 0 radical (unpaired) electrons. The first kappa shape index (κ1) is 23.6. The molecule has 0 aliphatic rings. The van der Waals surface area contributed by atoms with Crippen molar-refractivity contribution in [1.82, 2.24) is 4.98 Å². The summed E-state index contributed by atoms with van der Waals surface area (Å²) < 4.78 is 39.7. The maximum Gasteiger partial charge on any atom is 0.349 e. The fraction of sp³-hybridized carbons (Fsp3) is 0.185. The normalized spacial score (nSPS) is 11.8. The Morgan fingerprint density at radius 2 is 1.64 bits per heavy atom. The van der Waals surface area contributed by atoms with Gasteiger partial charge in [-0.05, 0) is 63.2 Å². The van der Waals surface area contributed by atoms with E-state index in [1.54, 1.807) is 24.3 Å². The van der Waals surface area contributed by atoms with Crippen LogP contribution in [-0.2, 0) is 10.0 Å². The first-order valence-electron chi connectivity index (χ1n) is 11.6. The van der Waals surface area contributed by atoms with E-state index >= 15 is 0 Å². The van der Waals surface area contributed by atoms with Crippen LogP contribution in [0, 0.1) is 6.92 Å². The summed E-state index contributed by atoms with van der Waals surface area (Å²) in [6.07, 6.45) is 0. The topological polar surface area (TPSA) is 106 Å². The van der Waals surface area contributed by atoms with Crippen LogP contribution >= 0.6 is 0 Å². The Morgan fingerprint density at radius 1 is 0.889 bits per heavy atom. The second kappa shape index (κ2) is 9.16. The van der Waals surface area contributed by atoms with Crippen LogP contribution in [-0.4, -0.2) is 26.5 Å². The minimum absolute atomic E-state index is 0.0211. The summed E-state index contributed by atoms with van der Waals surface area (Å²) in [4.78, 5) is 19.4. The molecule has 0 amide bonds. The van der Waals surface area contributed by atoms with Gasteiger partial charge < -0.3 is 13.7 Å². The molecule has 0 atom stereocenters. The molecule has 9 heteroatoms. The smallest absolute Gasteiger partial charge is 0.349 e. The standard InChI is InChI=1S/C27H25N3O5S/c1-4-30(5-2)20-11-8-18-14-22(27(31)35-24(18)15-20)26-28-23-13-12-21(16-25(23)34-26)36(32,33)29-19-9-6-17(3)7-10-19/h6-16,29H,4-5H2,1-3H3. The first-order valence-corrected chi connectivity index (χ1v) is 13.1. The zero-order chi connectivity index (χ0) is 25.4. The summed E-state index contributed by atoms with van der Waals surface area (Å²) in [6.45, 7) is 7.73. The van der Waals surface area contributed by atoms with Crippen molar-refractivity contribution in [3.05, 3.63) is 82.7 Å². The van der Waals surface area contributed by atoms with Gasteiger partial charge in [0.2, 0.25) is 5.89 Å². The zero-order valence-electron chi connectivity index (χ0n) is 20.1. The molecule has 0 aliphatic heterocycles. The van der Waals surface area contributed by atoms with Gasteiger partial charge >= 0.3 is 5.63 Å². The van der Waals surface area contributed by atoms with Gasteiger partial charge in [-0.1, -0.05) is 17.7 Å². The summed E-state index contributed by atoms with van der Waals surface area (Å²) in [7, 11) is -3.85. The van der Waals surface area contributed by atoms with Crippen molar-refractivity contribution in [2.75, 3.05) is 22.7 Å². The van der Waals surface area contributed by atoms with E-state index in [1.807, 2.05) is 37.3 Å². The van der Waals surface area contributed by atoms with E-state index in [2.05, 4.69) is 28.5 Å². The summed E-state index contributed by atoms with van der Waals surface area (Å²) >= 11 is 0. The number of benzene rings is 3. The molecule has 5 aromatic rings. The highest BCUT2D eigenvalue weighted by molar-refractivity contribution is 7.92. The summed E-state index contributed by atoms with van der Waals surface area (Å²) in [5.74, 6) is 0.0644. The number of aromatic nitrogens is 1. The van der Waals surface area contributed by atoms with E-state index in [9.17, 15) is 13.2 Å². The number of sulfonamides is 1. The number of fused-ring (bicyclic) bond motifs is 2. The van der Waals surface area contributed by atoms with Crippen molar-refractivity contribution in [3.8, 4) is 11.5 Å². The third-order valence-corrected chi connectivity index (χ3v) is 7.43. The molecule has 8 nitrogen and oxygen atoms in total. The van der Waals surface area contributed by atoms with Gasteiger partial charge in [0, 0.05) is 42.0 Å². The largest absolute Gasteiger partial charge is 0.436 e. The lowest BCUT2D eigenvalue weighted by Gasteiger charge is -2.20. The number of nitrogens with one attached hydrogen (secondary N) is 1. The van der Waals surface area contributed by atoms with Crippen molar-refractivity contribution in [2.24, 2.45) is 0 Å². The van der Waals surface area contributed by atoms with E-state index in [4.69, 9.17) is 8.83 Å². The van der Waals surface area contributed by atoms with Crippen molar-refractivity contribution in [2.45, 2.75) is 25.7 Å². The summed E-state index contributed by atoms with van der Waals surface area (Å²) in [5.41, 5.74) is 3.17. The fourth-order valence-electron chi connectivity index (χ4n) is 4.06. The van der Waals surface area contributed by atoms with Gasteiger partial charge in [0.15, 0.2) is 5.58 Å². The molecule has 5 rings (SSSR count). The molecule has 1 N–H and O–H groups in total. The third-order valence-electron chi connectivity index (χ3n) is 6.05. The van der Waals surface area contributed by atoms with E-state index in [-0.39, 0.29) is 21.9 Å². The molecule has 184 valence electrons. The second-order valence-corrected chi connectivity index (χ2v) is 10.1. The van der Waals surface area contributed by atoms with Crippen molar-refractivity contribution in [3.63, 3.8) is 0 Å². The SMILES string of the molecule is CCN(CC)c1ccc2cc(-c3nc4ccc(S(=O)(=O)Nc5ccc(C)cc5)cc4o3)c(=O)oc2c1. The molecule has 0 saturated heterocycles. The van der Waals surface area contributed by atoms with Crippen molar-refractivity contribution in [1.29, 1.82) is 0 Å². The highest BCUT2D eigenvalue weighted by atomic mass is 32.2. The quantitative estimate of drug-likeness (QED) is 0.290. The predicted molar refractivity (Wildman–Crippen MR) is 141 cm³/mol. The highest BCUT2D eigenvalue weighted by Crippen LogP contribution is 2.28. The van der Waals surface area contributed by atoms with Gasteiger partial charge in [0.1, 0.15) is 16.7 Å². The van der Waals surface area contributed by atoms with Gasteiger partial charge in [-0.15, -0.1) is 0 Å². The molecule has 0 unspecified atom stereocenters. The molecule has 0 aliphatic carbocycles.